The van der Waals surface area contributed by atoms with Crippen LogP contribution in [0.15, 0.2) is 66.7 Å². The van der Waals surface area contributed by atoms with Gasteiger partial charge in [0.2, 0.25) is 0 Å². The Labute approximate surface area is 169 Å². The molecule has 0 bridgehead atoms. The average molecular weight is 396 g/mol. The van der Waals surface area contributed by atoms with Crippen molar-refractivity contribution >= 4 is 23.2 Å². The average Bonchev–Trinajstić information content (AvgIpc) is 2.70. The highest BCUT2D eigenvalue weighted by Crippen LogP contribution is 2.31. The van der Waals surface area contributed by atoms with E-state index in [9.17, 15) is 9.90 Å². The molecule has 0 aliphatic rings. The predicted octanol–water partition coefficient (Wildman–Crippen LogP) is 5.06. The zero-order chi connectivity index (χ0) is 20.1. The summed E-state index contributed by atoms with van der Waals surface area (Å²) in [4.78, 5) is 12.4. The number of ether oxygens (including phenoxy) is 1. The minimum absolute atomic E-state index is 0.131. The van der Waals surface area contributed by atoms with Gasteiger partial charge >= 0.3 is 0 Å². The first-order chi connectivity index (χ1) is 13.5. The quantitative estimate of drug-likeness (QED) is 0.613. The normalized spacial score (nSPS) is 11.7. The number of hydrogen-bond acceptors (Lipinski definition) is 3. The molecule has 0 fully saturated rings. The molecular formula is C23H22ClNO3. The third kappa shape index (κ3) is 4.71. The molecule has 0 aliphatic heterocycles. The molecule has 28 heavy (non-hydrogen) atoms. The van der Waals surface area contributed by atoms with Gasteiger partial charge in [-0.2, -0.15) is 0 Å². The summed E-state index contributed by atoms with van der Waals surface area (Å²) in [7, 11) is 0. The van der Waals surface area contributed by atoms with Crippen molar-refractivity contribution in [3.8, 4) is 5.75 Å². The third-order valence-corrected chi connectivity index (χ3v) is 4.85. The number of aliphatic hydroxyl groups is 1. The summed E-state index contributed by atoms with van der Waals surface area (Å²) >= 11 is 6.11. The zero-order valence-corrected chi connectivity index (χ0v) is 16.5. The molecule has 0 aromatic heterocycles. The van der Waals surface area contributed by atoms with Crippen LogP contribution in [0.1, 0.15) is 28.4 Å². The molecule has 144 valence electrons. The first-order valence-corrected chi connectivity index (χ1v) is 9.35. The van der Waals surface area contributed by atoms with Gasteiger partial charge in [0.1, 0.15) is 11.9 Å². The van der Waals surface area contributed by atoms with Gasteiger partial charge in [0.15, 0.2) is 6.61 Å². The molecule has 3 aromatic carbocycles. The highest BCUT2D eigenvalue weighted by molar-refractivity contribution is 6.30. The molecule has 0 spiro atoms. The molecule has 1 atom stereocenters. The van der Waals surface area contributed by atoms with Gasteiger partial charge in [0.25, 0.3) is 5.91 Å². The fourth-order valence-electron chi connectivity index (χ4n) is 2.90. The number of hydrogen-bond donors (Lipinski definition) is 2. The molecule has 0 aliphatic carbocycles. The number of amides is 1. The predicted molar refractivity (Wildman–Crippen MR) is 112 cm³/mol. The number of carbonyl (C=O) groups excluding carboxylic acids is 1. The van der Waals surface area contributed by atoms with Crippen molar-refractivity contribution in [2.75, 3.05) is 11.9 Å². The summed E-state index contributed by atoms with van der Waals surface area (Å²) in [6.07, 6.45) is -0.907. The Bertz CT molecular complexity index is 973. The largest absolute Gasteiger partial charge is 0.483 e. The van der Waals surface area contributed by atoms with E-state index in [4.69, 9.17) is 16.3 Å². The van der Waals surface area contributed by atoms with Crippen molar-refractivity contribution < 1.29 is 14.6 Å². The van der Waals surface area contributed by atoms with Crippen molar-refractivity contribution in [1.29, 1.82) is 0 Å². The van der Waals surface area contributed by atoms with Gasteiger partial charge in [0.05, 0.1) is 0 Å². The standard InChI is InChI=1S/C23H22ClNO3/c1-15-7-6-10-21(16(15)2)28-14-22(26)25-20-12-11-18(24)13-19(20)23(27)17-8-4-3-5-9-17/h3-13,23,27H,14H2,1-2H3,(H,25,26). The third-order valence-electron chi connectivity index (χ3n) is 4.61. The Hall–Kier alpha value is -2.82. The van der Waals surface area contributed by atoms with E-state index in [0.717, 1.165) is 11.1 Å². The molecule has 3 rings (SSSR count). The van der Waals surface area contributed by atoms with Crippen LogP contribution in [-0.4, -0.2) is 17.6 Å². The molecule has 0 radical (unpaired) electrons. The van der Waals surface area contributed by atoms with E-state index in [0.29, 0.717) is 27.6 Å². The second-order valence-corrected chi connectivity index (χ2v) is 7.02. The van der Waals surface area contributed by atoms with Gasteiger partial charge in [-0.05, 0) is 54.8 Å². The molecule has 0 heterocycles. The second-order valence-electron chi connectivity index (χ2n) is 6.58. The van der Waals surface area contributed by atoms with Crippen molar-refractivity contribution in [3.63, 3.8) is 0 Å². The number of rotatable bonds is 6. The zero-order valence-electron chi connectivity index (χ0n) is 15.8. The number of nitrogens with one attached hydrogen (secondary N) is 1. The second kappa shape index (κ2) is 8.91. The van der Waals surface area contributed by atoms with Crippen LogP contribution in [0.5, 0.6) is 5.75 Å². The number of benzene rings is 3. The van der Waals surface area contributed by atoms with Gasteiger partial charge in [0, 0.05) is 16.3 Å². The van der Waals surface area contributed by atoms with Crippen molar-refractivity contribution in [2.24, 2.45) is 0 Å². The fourth-order valence-corrected chi connectivity index (χ4v) is 3.08. The summed E-state index contributed by atoms with van der Waals surface area (Å²) < 4.78 is 5.66. The Balaban J connectivity index is 1.75. The molecule has 0 saturated heterocycles. The number of aliphatic hydroxyl groups excluding tert-OH is 1. The Morgan fingerprint density at radius 1 is 1.07 bits per heavy atom. The maximum atomic E-state index is 12.4. The lowest BCUT2D eigenvalue weighted by atomic mass is 10.00. The number of halogens is 1. The minimum Gasteiger partial charge on any atom is -0.483 e. The lowest BCUT2D eigenvalue weighted by Gasteiger charge is -2.17. The maximum Gasteiger partial charge on any atom is 0.262 e. The molecule has 5 heteroatoms. The maximum absolute atomic E-state index is 12.4. The first kappa shape index (κ1) is 19.9. The van der Waals surface area contributed by atoms with Gasteiger partial charge in [-0.15, -0.1) is 0 Å². The monoisotopic (exact) mass is 395 g/mol. The highest BCUT2D eigenvalue weighted by atomic mass is 35.5. The van der Waals surface area contributed by atoms with Crippen molar-refractivity contribution in [2.45, 2.75) is 20.0 Å². The SMILES string of the molecule is Cc1cccc(OCC(=O)Nc2ccc(Cl)cc2C(O)c2ccccc2)c1C. The smallest absolute Gasteiger partial charge is 0.262 e. The Morgan fingerprint density at radius 2 is 1.82 bits per heavy atom. The molecular weight excluding hydrogens is 374 g/mol. The van der Waals surface area contributed by atoms with Crippen LogP contribution < -0.4 is 10.1 Å². The number of anilines is 1. The van der Waals surface area contributed by atoms with Gasteiger partial charge in [-0.1, -0.05) is 54.1 Å². The lowest BCUT2D eigenvalue weighted by Crippen LogP contribution is -2.21. The highest BCUT2D eigenvalue weighted by Gasteiger charge is 2.17. The summed E-state index contributed by atoms with van der Waals surface area (Å²) in [5, 5.41) is 14.0. The van der Waals surface area contributed by atoms with Crippen LogP contribution in [0.4, 0.5) is 5.69 Å². The van der Waals surface area contributed by atoms with E-state index in [2.05, 4.69) is 5.32 Å². The van der Waals surface area contributed by atoms with E-state index in [-0.39, 0.29) is 12.5 Å². The van der Waals surface area contributed by atoms with Crippen molar-refractivity contribution in [3.05, 3.63) is 94.0 Å². The molecule has 3 aromatic rings. The van der Waals surface area contributed by atoms with Gasteiger partial charge in [-0.25, -0.2) is 0 Å². The minimum atomic E-state index is -0.907. The summed E-state index contributed by atoms with van der Waals surface area (Å²) in [6, 6.07) is 19.9. The lowest BCUT2D eigenvalue weighted by molar-refractivity contribution is -0.118. The molecule has 1 amide bonds. The Kier molecular flexibility index (Phi) is 6.34. The van der Waals surface area contributed by atoms with E-state index < -0.39 is 6.10 Å². The van der Waals surface area contributed by atoms with E-state index in [1.807, 2.05) is 62.4 Å². The summed E-state index contributed by atoms with van der Waals surface area (Å²) in [5.74, 6) is 0.362. The van der Waals surface area contributed by atoms with Gasteiger partial charge in [-0.3, -0.25) is 4.79 Å². The Morgan fingerprint density at radius 3 is 2.57 bits per heavy atom. The van der Waals surface area contributed by atoms with Crippen LogP contribution in [0.25, 0.3) is 0 Å². The van der Waals surface area contributed by atoms with E-state index in [1.54, 1.807) is 18.2 Å². The van der Waals surface area contributed by atoms with E-state index >= 15 is 0 Å². The fraction of sp³-hybridized carbons (Fsp3) is 0.174. The van der Waals surface area contributed by atoms with Crippen molar-refractivity contribution in [1.82, 2.24) is 0 Å². The first-order valence-electron chi connectivity index (χ1n) is 8.97. The van der Waals surface area contributed by atoms with E-state index in [1.165, 1.54) is 0 Å². The molecule has 1 unspecified atom stereocenters. The summed E-state index contributed by atoms with van der Waals surface area (Å²) in [5.41, 5.74) is 3.84. The van der Waals surface area contributed by atoms with Crippen LogP contribution in [-0.2, 0) is 4.79 Å². The summed E-state index contributed by atoms with van der Waals surface area (Å²) in [6.45, 7) is 3.82. The van der Waals surface area contributed by atoms with Crippen LogP contribution in [0.2, 0.25) is 5.02 Å². The van der Waals surface area contributed by atoms with Gasteiger partial charge < -0.3 is 15.2 Å². The molecule has 2 N–H and O–H groups in total. The van der Waals surface area contributed by atoms with Crippen LogP contribution >= 0.6 is 11.6 Å². The molecule has 0 saturated carbocycles. The van der Waals surface area contributed by atoms with Crippen LogP contribution in [0.3, 0.4) is 0 Å². The van der Waals surface area contributed by atoms with Crippen LogP contribution in [0, 0.1) is 13.8 Å². The number of aryl methyl sites for hydroxylation is 1. The molecule has 4 nitrogen and oxygen atoms in total. The topological polar surface area (TPSA) is 58.6 Å². The number of carbonyl (C=O) groups is 1.